The molecule has 0 amide bonds. The molecule has 0 saturated carbocycles. The van der Waals surface area contributed by atoms with Gasteiger partial charge in [0.1, 0.15) is 11.5 Å². The average molecular weight is 360 g/mol. The largest absolute Gasteiger partial charge is 0.462 e. The van der Waals surface area contributed by atoms with Crippen LogP contribution in [-0.2, 0) is 4.57 Å². The van der Waals surface area contributed by atoms with E-state index in [1.165, 1.54) is 0 Å². The topological polar surface area (TPSA) is 83.1 Å². The fourth-order valence-corrected chi connectivity index (χ4v) is 3.78. The number of nitriles is 2. The zero-order valence-corrected chi connectivity index (χ0v) is 14.5. The van der Waals surface area contributed by atoms with Crippen LogP contribution in [0.5, 0.6) is 11.5 Å². The molecule has 0 atom stereocenters. The van der Waals surface area contributed by atoms with Crippen LogP contribution in [-0.4, -0.2) is 0 Å². The van der Waals surface area contributed by atoms with Crippen molar-refractivity contribution in [2.45, 2.75) is 0 Å². The highest BCUT2D eigenvalue weighted by Crippen LogP contribution is 2.47. The van der Waals surface area contributed by atoms with Crippen LogP contribution in [0.15, 0.2) is 78.9 Å². The van der Waals surface area contributed by atoms with Crippen LogP contribution < -0.4 is 14.4 Å². The molecular weight excluding hydrogens is 347 g/mol. The van der Waals surface area contributed by atoms with Gasteiger partial charge in [0, 0.05) is 0 Å². The summed E-state index contributed by atoms with van der Waals surface area (Å²) in [7, 11) is -3.73. The molecule has 0 spiro atoms. The van der Waals surface area contributed by atoms with Crippen LogP contribution in [0.25, 0.3) is 0 Å². The lowest BCUT2D eigenvalue weighted by Crippen LogP contribution is -2.14. The molecule has 3 aromatic carbocycles. The van der Waals surface area contributed by atoms with Crippen molar-refractivity contribution in [2.24, 2.45) is 0 Å². The van der Waals surface area contributed by atoms with Gasteiger partial charge in [-0.3, -0.25) is 0 Å². The van der Waals surface area contributed by atoms with Crippen LogP contribution in [0, 0.1) is 22.7 Å². The van der Waals surface area contributed by atoms with Crippen molar-refractivity contribution in [3.8, 4) is 23.6 Å². The number of rotatable bonds is 5. The zero-order chi connectivity index (χ0) is 18.4. The third-order valence-corrected chi connectivity index (χ3v) is 5.32. The molecule has 0 saturated heterocycles. The Bertz CT molecular complexity index is 954. The molecule has 126 valence electrons. The molecule has 3 rings (SSSR count). The maximum absolute atomic E-state index is 13.5. The summed E-state index contributed by atoms with van der Waals surface area (Å²) in [6.07, 6.45) is 0. The Labute approximate surface area is 151 Å². The Morgan fingerprint density at radius 3 is 1.46 bits per heavy atom. The summed E-state index contributed by atoms with van der Waals surface area (Å²) in [6, 6.07) is 25.2. The van der Waals surface area contributed by atoms with Crippen molar-refractivity contribution in [3.05, 3.63) is 90.0 Å². The fraction of sp³-hybridized carbons (Fsp3) is 0. The van der Waals surface area contributed by atoms with E-state index in [1.54, 1.807) is 78.9 Å². The molecule has 0 fully saturated rings. The number of nitrogens with zero attached hydrogens (tertiary/aromatic N) is 2. The summed E-state index contributed by atoms with van der Waals surface area (Å²) in [5.41, 5.74) is 0.944. The number of hydrogen-bond acceptors (Lipinski definition) is 5. The lowest BCUT2D eigenvalue weighted by molar-refractivity contribution is 0.399. The van der Waals surface area contributed by atoms with Gasteiger partial charge in [-0.1, -0.05) is 18.2 Å². The molecule has 0 N–H and O–H groups in total. The molecule has 26 heavy (non-hydrogen) atoms. The minimum Gasteiger partial charge on any atom is -0.413 e. The molecule has 0 aliphatic carbocycles. The maximum atomic E-state index is 13.5. The first-order chi connectivity index (χ1) is 12.6. The second-order valence-electron chi connectivity index (χ2n) is 5.29. The Morgan fingerprint density at radius 2 is 1.08 bits per heavy atom. The van der Waals surface area contributed by atoms with Gasteiger partial charge in [-0.25, -0.2) is 4.57 Å². The quantitative estimate of drug-likeness (QED) is 0.630. The Kier molecular flexibility index (Phi) is 5.04. The van der Waals surface area contributed by atoms with Crippen LogP contribution >= 0.6 is 7.60 Å². The molecule has 0 aromatic heterocycles. The first-order valence-electron chi connectivity index (χ1n) is 7.68. The summed E-state index contributed by atoms with van der Waals surface area (Å²) in [5, 5.41) is 18.2. The molecule has 5 nitrogen and oxygen atoms in total. The minimum atomic E-state index is -3.73. The Hall–Kier alpha value is -3.53. The van der Waals surface area contributed by atoms with Gasteiger partial charge < -0.3 is 9.05 Å². The highest BCUT2D eigenvalue weighted by Gasteiger charge is 2.31. The first-order valence-corrected chi connectivity index (χ1v) is 9.22. The predicted octanol–water partition coefficient (Wildman–Crippen LogP) is 4.41. The average Bonchev–Trinajstić information content (AvgIpc) is 2.70. The van der Waals surface area contributed by atoms with E-state index >= 15 is 0 Å². The van der Waals surface area contributed by atoms with E-state index in [0.717, 1.165) is 0 Å². The van der Waals surface area contributed by atoms with Gasteiger partial charge in [-0.05, 0) is 60.7 Å². The van der Waals surface area contributed by atoms with E-state index in [1.807, 2.05) is 12.1 Å². The van der Waals surface area contributed by atoms with Gasteiger partial charge >= 0.3 is 7.60 Å². The molecule has 3 aromatic rings. The van der Waals surface area contributed by atoms with Crippen molar-refractivity contribution in [1.82, 2.24) is 0 Å². The SMILES string of the molecule is N#Cc1ccc(OP(=O)(Oc2ccc(C#N)cc2)c2ccccc2)cc1. The van der Waals surface area contributed by atoms with E-state index in [2.05, 4.69) is 0 Å². The molecule has 6 heteroatoms. The summed E-state index contributed by atoms with van der Waals surface area (Å²) >= 11 is 0. The van der Waals surface area contributed by atoms with Gasteiger partial charge in [0.05, 0.1) is 28.6 Å². The van der Waals surface area contributed by atoms with Gasteiger partial charge in [0.25, 0.3) is 0 Å². The highest BCUT2D eigenvalue weighted by molar-refractivity contribution is 7.63. The number of benzene rings is 3. The Balaban J connectivity index is 1.95. The van der Waals surface area contributed by atoms with E-state index in [0.29, 0.717) is 27.9 Å². The van der Waals surface area contributed by atoms with E-state index in [-0.39, 0.29) is 0 Å². The lowest BCUT2D eigenvalue weighted by Gasteiger charge is -2.20. The normalized spacial score (nSPS) is 10.4. The van der Waals surface area contributed by atoms with E-state index in [9.17, 15) is 4.57 Å². The van der Waals surface area contributed by atoms with Crippen molar-refractivity contribution < 1.29 is 13.6 Å². The van der Waals surface area contributed by atoms with Crippen LogP contribution in [0.2, 0.25) is 0 Å². The number of hydrogen-bond donors (Lipinski definition) is 0. The van der Waals surface area contributed by atoms with Crippen molar-refractivity contribution in [2.75, 3.05) is 0 Å². The second-order valence-corrected chi connectivity index (χ2v) is 7.16. The predicted molar refractivity (Wildman–Crippen MR) is 97.3 cm³/mol. The smallest absolute Gasteiger partial charge is 0.413 e. The molecule has 0 radical (unpaired) electrons. The zero-order valence-electron chi connectivity index (χ0n) is 13.6. The molecule has 0 aliphatic rings. The molecule has 0 bridgehead atoms. The van der Waals surface area contributed by atoms with Crippen molar-refractivity contribution in [1.29, 1.82) is 10.5 Å². The van der Waals surface area contributed by atoms with E-state index in [4.69, 9.17) is 19.6 Å². The highest BCUT2D eigenvalue weighted by atomic mass is 31.2. The van der Waals surface area contributed by atoms with Gasteiger partial charge in [-0.2, -0.15) is 10.5 Å². The van der Waals surface area contributed by atoms with Gasteiger partial charge in [-0.15, -0.1) is 0 Å². The summed E-state index contributed by atoms with van der Waals surface area (Å²) < 4.78 is 24.9. The third-order valence-electron chi connectivity index (χ3n) is 3.49. The molecule has 0 heterocycles. The van der Waals surface area contributed by atoms with Crippen LogP contribution in [0.1, 0.15) is 11.1 Å². The van der Waals surface area contributed by atoms with Crippen LogP contribution in [0.3, 0.4) is 0 Å². The van der Waals surface area contributed by atoms with E-state index < -0.39 is 7.60 Å². The monoisotopic (exact) mass is 360 g/mol. The van der Waals surface area contributed by atoms with Gasteiger partial charge in [0.15, 0.2) is 0 Å². The Morgan fingerprint density at radius 1 is 0.654 bits per heavy atom. The fourth-order valence-electron chi connectivity index (χ4n) is 2.19. The van der Waals surface area contributed by atoms with Crippen molar-refractivity contribution >= 4 is 12.9 Å². The van der Waals surface area contributed by atoms with Gasteiger partial charge in [0.2, 0.25) is 0 Å². The molecular formula is C20H13N2O3P. The van der Waals surface area contributed by atoms with Crippen LogP contribution in [0.4, 0.5) is 0 Å². The summed E-state index contributed by atoms with van der Waals surface area (Å²) in [5.74, 6) is 0.648. The summed E-state index contributed by atoms with van der Waals surface area (Å²) in [6.45, 7) is 0. The van der Waals surface area contributed by atoms with Crippen molar-refractivity contribution in [3.63, 3.8) is 0 Å². The first kappa shape index (κ1) is 17.3. The third kappa shape index (κ3) is 3.92. The molecule has 0 unspecified atom stereocenters. The maximum Gasteiger partial charge on any atom is 0.462 e. The molecule has 0 aliphatic heterocycles. The second kappa shape index (κ2) is 7.57. The summed E-state index contributed by atoms with van der Waals surface area (Å²) in [4.78, 5) is 0. The minimum absolute atomic E-state index is 0.324. The lowest BCUT2D eigenvalue weighted by atomic mass is 10.2. The standard InChI is InChI=1S/C20H13N2O3P/c21-14-16-6-10-18(11-7-16)24-26(23,20-4-2-1-3-5-20)25-19-12-8-17(15-22)9-13-19/h1-13H.